The molecule has 0 saturated carbocycles. The van der Waals surface area contributed by atoms with Gasteiger partial charge in [-0.05, 0) is 25.1 Å². The number of rotatable bonds is 5. The Kier molecular flexibility index (Phi) is 5.83. The van der Waals surface area contributed by atoms with Crippen molar-refractivity contribution >= 4 is 27.8 Å². The molecule has 0 aliphatic rings. The van der Waals surface area contributed by atoms with E-state index < -0.39 is 50.2 Å². The van der Waals surface area contributed by atoms with Gasteiger partial charge in [-0.25, -0.2) is 22.9 Å². The summed E-state index contributed by atoms with van der Waals surface area (Å²) in [5.74, 6) is -3.77. The predicted octanol–water partition coefficient (Wildman–Crippen LogP) is 3.11. The number of carbonyl (C=O) groups is 1. The molecule has 0 saturated heterocycles. The summed E-state index contributed by atoms with van der Waals surface area (Å²) in [6.45, 7) is 3.06. The highest BCUT2D eigenvalue weighted by Crippen LogP contribution is 2.23. The number of aromatic nitrogens is 2. The van der Waals surface area contributed by atoms with Gasteiger partial charge in [0.25, 0.3) is 0 Å². The standard InChI is InChI=1S/C19H15F3N2O4S/c1-3-28-19(26)12-9-24(15-6-5-10(20)7-13(15)21)17-11(16(12)25)8-14(22)18(23-17)29(27)4-2/h5-9H,3-4H2,1-2H3. The molecule has 0 spiro atoms. The van der Waals surface area contributed by atoms with Crippen molar-refractivity contribution in [2.24, 2.45) is 0 Å². The molecular formula is C19H15F3N2O4S. The molecule has 1 atom stereocenters. The maximum atomic E-state index is 14.4. The molecular weight excluding hydrogens is 409 g/mol. The molecule has 0 fully saturated rings. The molecule has 0 N–H and O–H groups in total. The molecule has 2 aromatic heterocycles. The smallest absolute Gasteiger partial charge is 0.343 e. The summed E-state index contributed by atoms with van der Waals surface area (Å²) < 4.78 is 60.2. The summed E-state index contributed by atoms with van der Waals surface area (Å²) in [4.78, 5) is 28.9. The number of fused-ring (bicyclic) bond motifs is 1. The monoisotopic (exact) mass is 424 g/mol. The second-order valence-corrected chi connectivity index (χ2v) is 7.49. The molecule has 0 aliphatic heterocycles. The average molecular weight is 424 g/mol. The molecule has 1 aromatic carbocycles. The van der Waals surface area contributed by atoms with E-state index in [1.54, 1.807) is 6.92 Å². The molecule has 3 rings (SSSR count). The molecule has 152 valence electrons. The molecule has 0 aliphatic carbocycles. The highest BCUT2D eigenvalue weighted by Gasteiger charge is 2.22. The Labute approximate surface area is 165 Å². The number of hydrogen-bond acceptors (Lipinski definition) is 5. The first-order chi connectivity index (χ1) is 13.8. The van der Waals surface area contributed by atoms with Gasteiger partial charge in [-0.3, -0.25) is 13.6 Å². The van der Waals surface area contributed by atoms with E-state index in [9.17, 15) is 27.0 Å². The van der Waals surface area contributed by atoms with Crippen molar-refractivity contribution < 1.29 is 26.9 Å². The van der Waals surface area contributed by atoms with Crippen LogP contribution in [0.2, 0.25) is 0 Å². The highest BCUT2D eigenvalue weighted by molar-refractivity contribution is 7.84. The second kappa shape index (κ2) is 8.16. The van der Waals surface area contributed by atoms with Gasteiger partial charge >= 0.3 is 5.97 Å². The largest absolute Gasteiger partial charge is 0.462 e. The molecule has 0 bridgehead atoms. The first-order valence-electron chi connectivity index (χ1n) is 8.55. The first kappa shape index (κ1) is 20.7. The fourth-order valence-corrected chi connectivity index (χ4v) is 3.46. The van der Waals surface area contributed by atoms with Crippen LogP contribution in [-0.2, 0) is 15.5 Å². The lowest BCUT2D eigenvalue weighted by Crippen LogP contribution is -2.22. The zero-order chi connectivity index (χ0) is 21.3. The minimum absolute atomic E-state index is 0.0255. The second-order valence-electron chi connectivity index (χ2n) is 5.84. The van der Waals surface area contributed by atoms with Gasteiger partial charge in [0.2, 0.25) is 5.43 Å². The van der Waals surface area contributed by atoms with Gasteiger partial charge in [0.15, 0.2) is 10.8 Å². The SMILES string of the molecule is CCOC(=O)c1cn(-c2ccc(F)cc2F)c2nc(S(=O)CC)c(F)cc2c1=O. The zero-order valence-corrected chi connectivity index (χ0v) is 16.2. The fourth-order valence-electron chi connectivity index (χ4n) is 2.72. The van der Waals surface area contributed by atoms with Gasteiger partial charge in [-0.2, -0.15) is 0 Å². The van der Waals surface area contributed by atoms with Gasteiger partial charge in [0.05, 0.1) is 28.5 Å². The molecule has 3 aromatic rings. The predicted molar refractivity (Wildman–Crippen MR) is 100 cm³/mol. The van der Waals surface area contributed by atoms with Crippen LogP contribution in [0.15, 0.2) is 40.3 Å². The normalized spacial score (nSPS) is 12.2. The summed E-state index contributed by atoms with van der Waals surface area (Å²) in [6, 6.07) is 3.46. The van der Waals surface area contributed by atoms with Crippen LogP contribution in [0.1, 0.15) is 24.2 Å². The molecule has 0 amide bonds. The molecule has 6 nitrogen and oxygen atoms in total. The first-order valence-corrected chi connectivity index (χ1v) is 9.87. The average Bonchev–Trinajstić information content (AvgIpc) is 2.68. The fraction of sp³-hybridized carbons (Fsp3) is 0.211. The lowest BCUT2D eigenvalue weighted by molar-refractivity contribution is 0.0524. The lowest BCUT2D eigenvalue weighted by atomic mass is 10.1. The maximum Gasteiger partial charge on any atom is 0.343 e. The Morgan fingerprint density at radius 3 is 2.52 bits per heavy atom. The van der Waals surface area contributed by atoms with Crippen molar-refractivity contribution in [1.29, 1.82) is 0 Å². The molecule has 0 radical (unpaired) electrons. The van der Waals surface area contributed by atoms with Gasteiger partial charge in [0, 0.05) is 18.0 Å². The van der Waals surface area contributed by atoms with E-state index in [2.05, 4.69) is 4.98 Å². The summed E-state index contributed by atoms with van der Waals surface area (Å²) in [7, 11) is -1.80. The summed E-state index contributed by atoms with van der Waals surface area (Å²) in [5.41, 5.74) is -1.83. The number of pyridine rings is 2. The highest BCUT2D eigenvalue weighted by atomic mass is 32.2. The third-order valence-electron chi connectivity index (χ3n) is 4.04. The van der Waals surface area contributed by atoms with Crippen molar-refractivity contribution in [3.05, 3.63) is 63.7 Å². The third-order valence-corrected chi connectivity index (χ3v) is 5.28. The van der Waals surface area contributed by atoms with Crippen LogP contribution < -0.4 is 5.43 Å². The number of carbonyl (C=O) groups excluding carboxylic acids is 1. The zero-order valence-electron chi connectivity index (χ0n) is 15.4. The maximum absolute atomic E-state index is 14.4. The summed E-state index contributed by atoms with van der Waals surface area (Å²) in [5, 5.41) is -0.756. The van der Waals surface area contributed by atoms with E-state index in [1.165, 1.54) is 6.92 Å². The summed E-state index contributed by atoms with van der Waals surface area (Å²) >= 11 is 0. The minimum atomic E-state index is -1.80. The number of hydrogen-bond donors (Lipinski definition) is 0. The van der Waals surface area contributed by atoms with E-state index in [4.69, 9.17) is 4.74 Å². The van der Waals surface area contributed by atoms with Gasteiger partial charge in [0.1, 0.15) is 22.8 Å². The number of halogens is 3. The van der Waals surface area contributed by atoms with Crippen molar-refractivity contribution in [1.82, 2.24) is 9.55 Å². The van der Waals surface area contributed by atoms with Crippen LogP contribution in [0.4, 0.5) is 13.2 Å². The van der Waals surface area contributed by atoms with Gasteiger partial charge in [-0.15, -0.1) is 0 Å². The van der Waals surface area contributed by atoms with Crippen molar-refractivity contribution in [2.45, 2.75) is 18.9 Å². The number of ether oxygens (including phenoxy) is 1. The topological polar surface area (TPSA) is 78.3 Å². The number of esters is 1. The van der Waals surface area contributed by atoms with Gasteiger partial charge in [-0.1, -0.05) is 6.92 Å². The minimum Gasteiger partial charge on any atom is -0.462 e. The van der Waals surface area contributed by atoms with E-state index in [0.29, 0.717) is 6.07 Å². The molecule has 2 heterocycles. The van der Waals surface area contributed by atoms with E-state index >= 15 is 0 Å². The van der Waals surface area contributed by atoms with Crippen molar-refractivity contribution in [2.75, 3.05) is 12.4 Å². The lowest BCUT2D eigenvalue weighted by Gasteiger charge is -2.14. The Balaban J connectivity index is 2.45. The molecule has 1 unspecified atom stereocenters. The Morgan fingerprint density at radius 2 is 1.90 bits per heavy atom. The summed E-state index contributed by atoms with van der Waals surface area (Å²) in [6.07, 6.45) is 0.989. The molecule has 29 heavy (non-hydrogen) atoms. The van der Waals surface area contributed by atoms with E-state index in [1.807, 2.05) is 0 Å². The Hall–Kier alpha value is -3.01. The number of nitrogens with zero attached hydrogens (tertiary/aromatic N) is 2. The van der Waals surface area contributed by atoms with Crippen LogP contribution in [0.3, 0.4) is 0 Å². The van der Waals surface area contributed by atoms with Crippen LogP contribution in [-0.4, -0.2) is 32.1 Å². The van der Waals surface area contributed by atoms with Crippen LogP contribution in [0, 0.1) is 17.5 Å². The Morgan fingerprint density at radius 1 is 1.17 bits per heavy atom. The van der Waals surface area contributed by atoms with Crippen LogP contribution in [0.25, 0.3) is 16.7 Å². The van der Waals surface area contributed by atoms with Crippen LogP contribution in [0.5, 0.6) is 0 Å². The quantitative estimate of drug-likeness (QED) is 0.588. The van der Waals surface area contributed by atoms with Crippen LogP contribution >= 0.6 is 0 Å². The number of benzene rings is 1. The van der Waals surface area contributed by atoms with E-state index in [0.717, 1.165) is 29.0 Å². The Bertz CT molecular complexity index is 1210. The van der Waals surface area contributed by atoms with Crippen molar-refractivity contribution in [3.63, 3.8) is 0 Å². The molecule has 10 heteroatoms. The van der Waals surface area contributed by atoms with Gasteiger partial charge < -0.3 is 4.74 Å². The third kappa shape index (κ3) is 3.80. The van der Waals surface area contributed by atoms with E-state index in [-0.39, 0.29) is 29.1 Å². The van der Waals surface area contributed by atoms with Crippen molar-refractivity contribution in [3.8, 4) is 5.69 Å².